The molecule has 1 rings (SSSR count). The SMILES string of the molecule is CC/C=C(\C=C/CCl)CN1CCNCC1. The molecule has 0 aromatic heterocycles. The maximum absolute atomic E-state index is 5.65. The Morgan fingerprint density at radius 1 is 1.40 bits per heavy atom. The standard InChI is InChI=1S/C12H21ClN2/c1-2-4-12(5-3-6-13)11-15-9-7-14-8-10-15/h3-5,14H,2,6-11H2,1H3/b5-3-,12-4+. The Labute approximate surface area is 98.0 Å². The zero-order chi connectivity index (χ0) is 10.9. The van der Waals surface area contributed by atoms with Crippen molar-refractivity contribution in [2.75, 3.05) is 38.6 Å². The van der Waals surface area contributed by atoms with Gasteiger partial charge in [-0.15, -0.1) is 11.6 Å². The van der Waals surface area contributed by atoms with Gasteiger partial charge < -0.3 is 5.32 Å². The van der Waals surface area contributed by atoms with E-state index in [4.69, 9.17) is 11.6 Å². The Morgan fingerprint density at radius 3 is 2.73 bits per heavy atom. The minimum Gasteiger partial charge on any atom is -0.314 e. The summed E-state index contributed by atoms with van der Waals surface area (Å²) in [5, 5.41) is 3.36. The van der Waals surface area contributed by atoms with Crippen LogP contribution in [0.2, 0.25) is 0 Å². The van der Waals surface area contributed by atoms with Gasteiger partial charge in [-0.25, -0.2) is 0 Å². The predicted octanol–water partition coefficient (Wildman–Crippen LogP) is 2.02. The van der Waals surface area contributed by atoms with Gasteiger partial charge in [0.2, 0.25) is 0 Å². The number of halogens is 1. The number of hydrogen-bond acceptors (Lipinski definition) is 2. The van der Waals surface area contributed by atoms with Crippen LogP contribution in [0.5, 0.6) is 0 Å². The van der Waals surface area contributed by atoms with Crippen LogP contribution < -0.4 is 5.32 Å². The number of nitrogens with one attached hydrogen (secondary N) is 1. The highest BCUT2D eigenvalue weighted by atomic mass is 35.5. The van der Waals surface area contributed by atoms with E-state index in [1.807, 2.05) is 6.08 Å². The van der Waals surface area contributed by atoms with Gasteiger partial charge in [-0.2, -0.15) is 0 Å². The molecule has 1 saturated heterocycles. The van der Waals surface area contributed by atoms with Crippen molar-refractivity contribution in [2.45, 2.75) is 13.3 Å². The molecule has 0 atom stereocenters. The highest BCUT2D eigenvalue weighted by molar-refractivity contribution is 6.18. The summed E-state index contributed by atoms with van der Waals surface area (Å²) in [6, 6.07) is 0. The second kappa shape index (κ2) is 7.91. The van der Waals surface area contributed by atoms with Gasteiger partial charge in [0.1, 0.15) is 0 Å². The van der Waals surface area contributed by atoms with Crippen LogP contribution in [-0.2, 0) is 0 Å². The third-order valence-electron chi connectivity index (χ3n) is 2.50. The molecule has 0 radical (unpaired) electrons. The predicted molar refractivity (Wildman–Crippen MR) is 67.5 cm³/mol. The maximum Gasteiger partial charge on any atom is 0.0407 e. The van der Waals surface area contributed by atoms with E-state index < -0.39 is 0 Å². The molecular weight excluding hydrogens is 208 g/mol. The van der Waals surface area contributed by atoms with Crippen LogP contribution in [0.25, 0.3) is 0 Å². The van der Waals surface area contributed by atoms with E-state index in [0.29, 0.717) is 5.88 Å². The molecule has 0 amide bonds. The lowest BCUT2D eigenvalue weighted by Crippen LogP contribution is -2.44. The Bertz CT molecular complexity index is 218. The smallest absolute Gasteiger partial charge is 0.0407 e. The molecule has 0 aliphatic carbocycles. The second-order valence-corrected chi connectivity index (χ2v) is 4.08. The van der Waals surface area contributed by atoms with E-state index in [1.165, 1.54) is 5.57 Å². The van der Waals surface area contributed by atoms with Crippen molar-refractivity contribution in [2.24, 2.45) is 0 Å². The lowest BCUT2D eigenvalue weighted by atomic mass is 10.2. The minimum absolute atomic E-state index is 0.600. The molecule has 1 fully saturated rings. The first kappa shape index (κ1) is 12.8. The largest absolute Gasteiger partial charge is 0.314 e. The normalized spacial score (nSPS) is 20.0. The molecule has 0 unspecified atom stereocenters. The Morgan fingerprint density at radius 2 is 2.13 bits per heavy atom. The molecule has 1 aliphatic rings. The van der Waals surface area contributed by atoms with Crippen LogP contribution in [-0.4, -0.2) is 43.5 Å². The molecule has 0 aromatic carbocycles. The van der Waals surface area contributed by atoms with Crippen molar-refractivity contribution in [1.82, 2.24) is 10.2 Å². The molecule has 0 spiro atoms. The third-order valence-corrected chi connectivity index (χ3v) is 2.68. The van der Waals surface area contributed by atoms with Crippen LogP contribution in [0.15, 0.2) is 23.8 Å². The number of alkyl halides is 1. The van der Waals surface area contributed by atoms with Gasteiger partial charge >= 0.3 is 0 Å². The molecule has 0 aromatic rings. The molecule has 3 heteroatoms. The van der Waals surface area contributed by atoms with Gasteiger partial charge in [0.15, 0.2) is 0 Å². The van der Waals surface area contributed by atoms with Crippen LogP contribution in [0.1, 0.15) is 13.3 Å². The molecule has 1 aliphatic heterocycles. The summed E-state index contributed by atoms with van der Waals surface area (Å²) in [6.45, 7) is 7.75. The quantitative estimate of drug-likeness (QED) is 0.572. The number of rotatable bonds is 5. The average molecular weight is 229 g/mol. The minimum atomic E-state index is 0.600. The van der Waals surface area contributed by atoms with Crippen molar-refractivity contribution >= 4 is 11.6 Å². The van der Waals surface area contributed by atoms with E-state index >= 15 is 0 Å². The van der Waals surface area contributed by atoms with E-state index in [1.54, 1.807) is 0 Å². The lowest BCUT2D eigenvalue weighted by molar-refractivity contribution is 0.261. The van der Waals surface area contributed by atoms with Gasteiger partial charge in [0.25, 0.3) is 0 Å². The second-order valence-electron chi connectivity index (χ2n) is 3.77. The van der Waals surface area contributed by atoms with Crippen molar-refractivity contribution in [3.05, 3.63) is 23.8 Å². The Kier molecular flexibility index (Phi) is 6.73. The fourth-order valence-corrected chi connectivity index (χ4v) is 1.86. The summed E-state index contributed by atoms with van der Waals surface area (Å²) < 4.78 is 0. The Balaban J connectivity index is 2.42. The Hall–Kier alpha value is -0.310. The van der Waals surface area contributed by atoms with Crippen LogP contribution >= 0.6 is 11.6 Å². The molecule has 86 valence electrons. The number of nitrogens with zero attached hydrogens (tertiary/aromatic N) is 1. The van der Waals surface area contributed by atoms with Gasteiger partial charge in [-0.3, -0.25) is 4.90 Å². The summed E-state index contributed by atoms with van der Waals surface area (Å²) in [5.74, 6) is 0.600. The highest BCUT2D eigenvalue weighted by Crippen LogP contribution is 2.04. The first-order valence-corrected chi connectivity index (χ1v) is 6.25. The van der Waals surface area contributed by atoms with Gasteiger partial charge in [-0.05, 0) is 12.0 Å². The van der Waals surface area contributed by atoms with Crippen molar-refractivity contribution < 1.29 is 0 Å². The fourth-order valence-electron chi connectivity index (χ4n) is 1.77. The van der Waals surface area contributed by atoms with Crippen LogP contribution in [0.3, 0.4) is 0 Å². The maximum atomic E-state index is 5.65. The first-order chi connectivity index (χ1) is 7.36. The van der Waals surface area contributed by atoms with Crippen molar-refractivity contribution in [3.8, 4) is 0 Å². The van der Waals surface area contributed by atoms with E-state index in [9.17, 15) is 0 Å². The zero-order valence-corrected chi connectivity index (χ0v) is 10.3. The fraction of sp³-hybridized carbons (Fsp3) is 0.667. The van der Waals surface area contributed by atoms with Crippen molar-refractivity contribution in [1.29, 1.82) is 0 Å². The van der Waals surface area contributed by atoms with E-state index in [-0.39, 0.29) is 0 Å². The topological polar surface area (TPSA) is 15.3 Å². The summed E-state index contributed by atoms with van der Waals surface area (Å²) in [4.78, 5) is 2.48. The molecular formula is C12H21ClN2. The molecule has 1 N–H and O–H groups in total. The highest BCUT2D eigenvalue weighted by Gasteiger charge is 2.09. The molecule has 0 saturated carbocycles. The van der Waals surface area contributed by atoms with Gasteiger partial charge in [0.05, 0.1) is 0 Å². The lowest BCUT2D eigenvalue weighted by Gasteiger charge is -2.27. The van der Waals surface area contributed by atoms with E-state index in [2.05, 4.69) is 29.3 Å². The number of allylic oxidation sites excluding steroid dienone is 2. The summed E-state index contributed by atoms with van der Waals surface area (Å²) in [6.07, 6.45) is 7.54. The monoisotopic (exact) mass is 228 g/mol. The summed E-state index contributed by atoms with van der Waals surface area (Å²) in [7, 11) is 0. The van der Waals surface area contributed by atoms with Crippen LogP contribution in [0, 0.1) is 0 Å². The molecule has 0 bridgehead atoms. The molecule has 15 heavy (non-hydrogen) atoms. The van der Waals surface area contributed by atoms with Gasteiger partial charge in [0, 0.05) is 38.6 Å². The molecule has 1 heterocycles. The third kappa shape index (κ3) is 5.36. The summed E-state index contributed by atoms with van der Waals surface area (Å²) in [5.41, 5.74) is 1.39. The van der Waals surface area contributed by atoms with Crippen molar-refractivity contribution in [3.63, 3.8) is 0 Å². The number of piperazine rings is 1. The zero-order valence-electron chi connectivity index (χ0n) is 9.51. The van der Waals surface area contributed by atoms with Crippen LogP contribution in [0.4, 0.5) is 0 Å². The van der Waals surface area contributed by atoms with E-state index in [0.717, 1.165) is 39.1 Å². The average Bonchev–Trinajstić information content (AvgIpc) is 2.28. The first-order valence-electron chi connectivity index (χ1n) is 5.71. The number of hydrogen-bond donors (Lipinski definition) is 1. The molecule has 2 nitrogen and oxygen atoms in total. The van der Waals surface area contributed by atoms with Gasteiger partial charge in [-0.1, -0.05) is 25.2 Å². The summed E-state index contributed by atoms with van der Waals surface area (Å²) >= 11 is 5.65.